The molecule has 1 N–H and O–H groups in total. The molecule has 0 aromatic rings. The molecule has 0 spiro atoms. The summed E-state index contributed by atoms with van der Waals surface area (Å²) in [7, 11) is 0. The lowest BCUT2D eigenvalue weighted by atomic mass is 10.1. The van der Waals surface area contributed by atoms with Crippen LogP contribution in [0.15, 0.2) is 0 Å². The van der Waals surface area contributed by atoms with Crippen LogP contribution in [0.1, 0.15) is 33.6 Å². The van der Waals surface area contributed by atoms with Crippen LogP contribution in [0, 0.1) is 11.8 Å². The molecule has 0 amide bonds. The molecule has 1 saturated heterocycles. The van der Waals surface area contributed by atoms with Crippen LogP contribution in [0.25, 0.3) is 0 Å². The van der Waals surface area contributed by atoms with Crippen molar-refractivity contribution in [2.24, 2.45) is 11.8 Å². The van der Waals surface area contributed by atoms with E-state index >= 15 is 0 Å². The summed E-state index contributed by atoms with van der Waals surface area (Å²) in [4.78, 5) is 2.60. The van der Waals surface area contributed by atoms with E-state index in [2.05, 4.69) is 31.0 Å². The Morgan fingerprint density at radius 2 is 2.12 bits per heavy atom. The van der Waals surface area contributed by atoms with E-state index < -0.39 is 0 Å². The second-order valence-corrected chi connectivity index (χ2v) is 6.16. The van der Waals surface area contributed by atoms with Gasteiger partial charge in [0.15, 0.2) is 0 Å². The summed E-state index contributed by atoms with van der Waals surface area (Å²) in [6.45, 7) is 12.0. The van der Waals surface area contributed by atoms with E-state index in [4.69, 9.17) is 4.74 Å². The minimum Gasteiger partial charge on any atom is -0.380 e. The van der Waals surface area contributed by atoms with Crippen LogP contribution in [0.5, 0.6) is 0 Å². The highest BCUT2D eigenvalue weighted by Gasteiger charge is 2.35. The molecule has 3 nitrogen and oxygen atoms in total. The van der Waals surface area contributed by atoms with Crippen LogP contribution in [-0.4, -0.2) is 49.8 Å². The third-order valence-corrected chi connectivity index (χ3v) is 3.90. The highest BCUT2D eigenvalue weighted by Crippen LogP contribution is 2.34. The maximum atomic E-state index is 5.70. The first-order chi connectivity index (χ1) is 8.16. The van der Waals surface area contributed by atoms with Crippen LogP contribution in [0.4, 0.5) is 0 Å². The average molecular weight is 240 g/mol. The van der Waals surface area contributed by atoms with Crippen molar-refractivity contribution in [3.63, 3.8) is 0 Å². The number of piperazine rings is 1. The summed E-state index contributed by atoms with van der Waals surface area (Å²) in [5, 5.41) is 3.69. The van der Waals surface area contributed by atoms with E-state index in [0.29, 0.717) is 12.0 Å². The fourth-order valence-corrected chi connectivity index (χ4v) is 2.58. The summed E-state index contributed by atoms with van der Waals surface area (Å²) in [5.41, 5.74) is 0. The van der Waals surface area contributed by atoms with Gasteiger partial charge in [-0.1, -0.05) is 13.8 Å². The van der Waals surface area contributed by atoms with Gasteiger partial charge >= 0.3 is 0 Å². The van der Waals surface area contributed by atoms with E-state index in [9.17, 15) is 0 Å². The third-order valence-electron chi connectivity index (χ3n) is 3.90. The summed E-state index contributed by atoms with van der Waals surface area (Å²) >= 11 is 0. The van der Waals surface area contributed by atoms with Gasteiger partial charge < -0.3 is 10.1 Å². The molecule has 2 rings (SSSR count). The van der Waals surface area contributed by atoms with Crippen LogP contribution in [-0.2, 0) is 4.74 Å². The molecule has 2 aliphatic rings. The fraction of sp³-hybridized carbons (Fsp3) is 1.00. The Balaban J connectivity index is 1.66. The molecule has 1 aliphatic heterocycles. The Morgan fingerprint density at radius 3 is 2.76 bits per heavy atom. The molecule has 0 radical (unpaired) electrons. The van der Waals surface area contributed by atoms with Crippen molar-refractivity contribution in [2.45, 2.75) is 45.7 Å². The van der Waals surface area contributed by atoms with E-state index in [-0.39, 0.29) is 0 Å². The number of rotatable bonds is 6. The molecule has 1 aliphatic carbocycles. The molecule has 100 valence electrons. The Kier molecular flexibility index (Phi) is 4.83. The molecule has 17 heavy (non-hydrogen) atoms. The van der Waals surface area contributed by atoms with E-state index in [0.717, 1.165) is 38.3 Å². The lowest BCUT2D eigenvalue weighted by Gasteiger charge is -2.39. The highest BCUT2D eigenvalue weighted by molar-refractivity contribution is 4.93. The summed E-state index contributed by atoms with van der Waals surface area (Å²) in [6, 6.07) is 1.41. The number of nitrogens with one attached hydrogen (secondary N) is 1. The van der Waals surface area contributed by atoms with Crippen molar-refractivity contribution in [1.82, 2.24) is 10.2 Å². The molecule has 0 bridgehead atoms. The third kappa shape index (κ3) is 4.23. The summed E-state index contributed by atoms with van der Waals surface area (Å²) < 4.78 is 5.70. The van der Waals surface area contributed by atoms with E-state index in [1.807, 2.05) is 0 Å². The van der Waals surface area contributed by atoms with Crippen molar-refractivity contribution in [3.8, 4) is 0 Å². The van der Waals surface area contributed by atoms with Gasteiger partial charge in [0.25, 0.3) is 0 Å². The maximum Gasteiger partial charge on any atom is 0.0593 e. The predicted octanol–water partition coefficient (Wildman–Crippen LogP) is 1.73. The van der Waals surface area contributed by atoms with Crippen molar-refractivity contribution in [2.75, 3.05) is 32.8 Å². The molecule has 2 unspecified atom stereocenters. The van der Waals surface area contributed by atoms with Crippen LogP contribution < -0.4 is 5.32 Å². The first kappa shape index (κ1) is 13.3. The number of hydrogen-bond donors (Lipinski definition) is 1. The molecule has 0 aromatic heterocycles. The van der Waals surface area contributed by atoms with Crippen molar-refractivity contribution >= 4 is 0 Å². The van der Waals surface area contributed by atoms with Gasteiger partial charge in [0.05, 0.1) is 6.61 Å². The molecule has 3 heteroatoms. The zero-order valence-corrected chi connectivity index (χ0v) is 11.6. The standard InChI is InChI=1S/C14H28N2O/c1-11(2)10-17-7-6-16-9-14(13-4-5-13)15-8-12(16)3/h11-15H,4-10H2,1-3H3. The molecular weight excluding hydrogens is 212 g/mol. The highest BCUT2D eigenvalue weighted by atomic mass is 16.5. The van der Waals surface area contributed by atoms with Gasteiger partial charge in [-0.15, -0.1) is 0 Å². The lowest BCUT2D eigenvalue weighted by Crippen LogP contribution is -2.56. The number of hydrogen-bond acceptors (Lipinski definition) is 3. The van der Waals surface area contributed by atoms with Crippen LogP contribution in [0.2, 0.25) is 0 Å². The fourth-order valence-electron chi connectivity index (χ4n) is 2.58. The first-order valence-electron chi connectivity index (χ1n) is 7.22. The van der Waals surface area contributed by atoms with Gasteiger partial charge in [0.1, 0.15) is 0 Å². The minimum atomic E-state index is 0.648. The zero-order chi connectivity index (χ0) is 12.3. The predicted molar refractivity (Wildman–Crippen MR) is 71.2 cm³/mol. The second-order valence-electron chi connectivity index (χ2n) is 6.16. The Bertz CT molecular complexity index is 228. The van der Waals surface area contributed by atoms with Gasteiger partial charge in [-0.25, -0.2) is 0 Å². The van der Waals surface area contributed by atoms with Gasteiger partial charge in [-0.3, -0.25) is 4.90 Å². The Hall–Kier alpha value is -0.120. The van der Waals surface area contributed by atoms with Crippen molar-refractivity contribution in [3.05, 3.63) is 0 Å². The van der Waals surface area contributed by atoms with Gasteiger partial charge in [-0.2, -0.15) is 0 Å². The van der Waals surface area contributed by atoms with Crippen molar-refractivity contribution in [1.29, 1.82) is 0 Å². The Morgan fingerprint density at radius 1 is 1.35 bits per heavy atom. The van der Waals surface area contributed by atoms with E-state index in [1.165, 1.54) is 19.4 Å². The number of nitrogens with zero attached hydrogens (tertiary/aromatic N) is 1. The first-order valence-corrected chi connectivity index (χ1v) is 7.22. The largest absolute Gasteiger partial charge is 0.380 e. The molecule has 2 fully saturated rings. The van der Waals surface area contributed by atoms with Crippen LogP contribution in [0.3, 0.4) is 0 Å². The molecule has 1 heterocycles. The van der Waals surface area contributed by atoms with Gasteiger partial charge in [0.2, 0.25) is 0 Å². The quantitative estimate of drug-likeness (QED) is 0.716. The molecule has 2 atom stereocenters. The molecule has 0 aromatic carbocycles. The van der Waals surface area contributed by atoms with Crippen LogP contribution >= 0.6 is 0 Å². The second kappa shape index (κ2) is 6.17. The minimum absolute atomic E-state index is 0.648. The normalized spacial score (nSPS) is 31.1. The number of ether oxygens (including phenoxy) is 1. The molecule has 1 saturated carbocycles. The summed E-state index contributed by atoms with van der Waals surface area (Å²) in [5.74, 6) is 1.61. The SMILES string of the molecule is CC(C)COCCN1CC(C2CC2)NCC1C. The topological polar surface area (TPSA) is 24.5 Å². The van der Waals surface area contributed by atoms with E-state index in [1.54, 1.807) is 0 Å². The average Bonchev–Trinajstić information content (AvgIpc) is 3.10. The molecular formula is C14H28N2O. The summed E-state index contributed by atoms with van der Waals surface area (Å²) in [6.07, 6.45) is 2.87. The van der Waals surface area contributed by atoms with Crippen molar-refractivity contribution < 1.29 is 4.74 Å². The monoisotopic (exact) mass is 240 g/mol. The Labute approximate surface area is 106 Å². The smallest absolute Gasteiger partial charge is 0.0593 e. The maximum absolute atomic E-state index is 5.70. The zero-order valence-electron chi connectivity index (χ0n) is 11.6. The lowest BCUT2D eigenvalue weighted by molar-refractivity contribution is 0.0569. The van der Waals surface area contributed by atoms with Gasteiger partial charge in [0, 0.05) is 38.3 Å². The van der Waals surface area contributed by atoms with Gasteiger partial charge in [-0.05, 0) is 31.6 Å².